The van der Waals surface area contributed by atoms with Crippen LogP contribution in [0, 0.1) is 11.8 Å². The smallest absolute Gasteiger partial charge is 0.161 e. The molecule has 13 heavy (non-hydrogen) atoms. The number of hydrogen-bond donors (Lipinski definition) is 0. The molecule has 70 valence electrons. The second kappa shape index (κ2) is 2.42. The molecule has 0 bridgehead atoms. The Morgan fingerprint density at radius 2 is 2.46 bits per heavy atom. The van der Waals surface area contributed by atoms with Gasteiger partial charge < -0.3 is 9.47 Å². The lowest BCUT2D eigenvalue weighted by molar-refractivity contribution is -0.286. The average molecular weight is 180 g/mol. The van der Waals surface area contributed by atoms with Gasteiger partial charge in [0.25, 0.3) is 0 Å². The Kier molecular flexibility index (Phi) is 1.44. The minimum Gasteiger partial charge on any atom is -0.355 e. The summed E-state index contributed by atoms with van der Waals surface area (Å²) in [6.07, 6.45) is 5.47. The van der Waals surface area contributed by atoms with Gasteiger partial charge in [-0.1, -0.05) is 6.08 Å². The second-order valence-corrected chi connectivity index (χ2v) is 4.08. The van der Waals surface area contributed by atoms with E-state index >= 15 is 0 Å². The van der Waals surface area contributed by atoms with Crippen LogP contribution in [0.5, 0.6) is 0 Å². The second-order valence-electron chi connectivity index (χ2n) is 4.08. The molecule has 1 spiro atoms. The van der Waals surface area contributed by atoms with Crippen molar-refractivity contribution in [2.24, 2.45) is 11.8 Å². The van der Waals surface area contributed by atoms with E-state index in [4.69, 9.17) is 9.47 Å². The largest absolute Gasteiger partial charge is 0.355 e. The first-order chi connectivity index (χ1) is 6.33. The molecule has 3 rings (SSSR count). The van der Waals surface area contributed by atoms with Gasteiger partial charge in [0.05, 0.1) is 18.1 Å². The van der Waals surface area contributed by atoms with E-state index in [9.17, 15) is 4.79 Å². The lowest BCUT2D eigenvalue weighted by Crippen LogP contribution is -2.64. The Morgan fingerprint density at radius 1 is 1.54 bits per heavy atom. The number of ketones is 1. The van der Waals surface area contributed by atoms with Crippen molar-refractivity contribution in [3.05, 3.63) is 12.2 Å². The van der Waals surface area contributed by atoms with Crippen LogP contribution in [-0.4, -0.2) is 24.8 Å². The summed E-state index contributed by atoms with van der Waals surface area (Å²) < 4.78 is 10.9. The Morgan fingerprint density at radius 3 is 3.31 bits per heavy atom. The molecule has 1 heterocycles. The molecule has 1 saturated carbocycles. The van der Waals surface area contributed by atoms with Gasteiger partial charge in [-0.2, -0.15) is 0 Å². The summed E-state index contributed by atoms with van der Waals surface area (Å²) in [4.78, 5) is 11.5. The minimum absolute atomic E-state index is 0.117. The van der Waals surface area contributed by atoms with E-state index in [0.29, 0.717) is 12.7 Å². The van der Waals surface area contributed by atoms with Crippen LogP contribution < -0.4 is 0 Å². The van der Waals surface area contributed by atoms with E-state index in [2.05, 4.69) is 0 Å². The maximum Gasteiger partial charge on any atom is 0.161 e. The average Bonchev–Trinajstić information content (AvgIpc) is 2.07. The molecule has 3 nitrogen and oxygen atoms in total. The molecular weight excluding hydrogens is 168 g/mol. The van der Waals surface area contributed by atoms with Crippen molar-refractivity contribution >= 4 is 5.78 Å². The molecule has 2 fully saturated rings. The van der Waals surface area contributed by atoms with Crippen LogP contribution >= 0.6 is 0 Å². The van der Waals surface area contributed by atoms with E-state index in [1.54, 1.807) is 6.08 Å². The fourth-order valence-corrected chi connectivity index (χ4v) is 2.78. The van der Waals surface area contributed by atoms with Crippen molar-refractivity contribution < 1.29 is 14.3 Å². The van der Waals surface area contributed by atoms with Crippen molar-refractivity contribution in [2.75, 3.05) is 13.4 Å². The van der Waals surface area contributed by atoms with Crippen LogP contribution in [0.25, 0.3) is 0 Å². The maximum atomic E-state index is 11.5. The fraction of sp³-hybridized carbons (Fsp3) is 0.700. The zero-order valence-corrected chi connectivity index (χ0v) is 7.36. The van der Waals surface area contributed by atoms with Crippen LogP contribution in [0.15, 0.2) is 12.2 Å². The summed E-state index contributed by atoms with van der Waals surface area (Å²) in [5.41, 5.74) is -0.177. The number of carbonyl (C=O) groups excluding carboxylic acids is 1. The Labute approximate surface area is 76.7 Å². The summed E-state index contributed by atoms with van der Waals surface area (Å²) in [5.74, 6) is 0.802. The predicted octanol–water partition coefficient (Wildman–Crippen LogP) is 0.895. The highest BCUT2D eigenvalue weighted by atomic mass is 16.7. The quantitative estimate of drug-likeness (QED) is 0.555. The first-order valence-corrected chi connectivity index (χ1v) is 4.75. The van der Waals surface area contributed by atoms with E-state index in [-0.39, 0.29) is 17.3 Å². The van der Waals surface area contributed by atoms with Crippen molar-refractivity contribution in [1.29, 1.82) is 0 Å². The minimum atomic E-state index is -0.177. The fourth-order valence-electron chi connectivity index (χ4n) is 2.78. The van der Waals surface area contributed by atoms with Crippen LogP contribution in [-0.2, 0) is 14.3 Å². The molecule has 0 aromatic rings. The van der Waals surface area contributed by atoms with Gasteiger partial charge in [-0.25, -0.2) is 0 Å². The summed E-state index contributed by atoms with van der Waals surface area (Å²) in [5, 5.41) is 0. The molecule has 1 aliphatic heterocycles. The molecule has 0 radical (unpaired) electrons. The number of allylic oxidation sites excluding steroid dienone is 1. The highest BCUT2D eigenvalue weighted by Crippen LogP contribution is 2.53. The van der Waals surface area contributed by atoms with Gasteiger partial charge in [-0.15, -0.1) is 0 Å². The van der Waals surface area contributed by atoms with Crippen molar-refractivity contribution in [3.8, 4) is 0 Å². The van der Waals surface area contributed by atoms with Gasteiger partial charge in [-0.3, -0.25) is 4.79 Å². The molecule has 0 amide bonds. The van der Waals surface area contributed by atoms with Gasteiger partial charge in [-0.05, 0) is 18.9 Å². The number of carbonyl (C=O) groups is 1. The molecule has 3 aliphatic rings. The standard InChI is InChI=1S/C10H12O3/c11-9-2-1-3-10-7(4-8(9)10)5-12-6-13-10/h1-2,7-8H,3-6H2/t7-,8?,10+/m0/s1. The summed E-state index contributed by atoms with van der Waals surface area (Å²) in [6.45, 7) is 1.12. The highest BCUT2D eigenvalue weighted by molar-refractivity contribution is 5.94. The predicted molar refractivity (Wildman–Crippen MR) is 45.0 cm³/mol. The molecule has 2 aliphatic carbocycles. The third kappa shape index (κ3) is 0.837. The molecule has 0 aromatic carbocycles. The zero-order valence-electron chi connectivity index (χ0n) is 7.36. The van der Waals surface area contributed by atoms with Crippen LogP contribution in [0.1, 0.15) is 12.8 Å². The van der Waals surface area contributed by atoms with Gasteiger partial charge in [0, 0.05) is 5.92 Å². The Hall–Kier alpha value is -0.670. The third-order valence-electron chi connectivity index (χ3n) is 3.59. The van der Waals surface area contributed by atoms with Crippen molar-refractivity contribution in [2.45, 2.75) is 18.4 Å². The number of ether oxygens (including phenoxy) is 2. The first kappa shape index (κ1) is 7.71. The number of rotatable bonds is 0. The maximum absolute atomic E-state index is 11.5. The summed E-state index contributed by atoms with van der Waals surface area (Å²) >= 11 is 0. The SMILES string of the molecule is O=C1C=CC[C@@]23OCOC[C@@H]2CC13. The van der Waals surface area contributed by atoms with Gasteiger partial charge in [0.15, 0.2) is 5.78 Å². The lowest BCUT2D eigenvalue weighted by Gasteiger charge is -2.57. The first-order valence-electron chi connectivity index (χ1n) is 4.75. The monoisotopic (exact) mass is 180 g/mol. The zero-order chi connectivity index (χ0) is 8.89. The van der Waals surface area contributed by atoms with Gasteiger partial charge in [0.1, 0.15) is 6.79 Å². The Balaban J connectivity index is 1.93. The van der Waals surface area contributed by atoms with E-state index < -0.39 is 0 Å². The van der Waals surface area contributed by atoms with Crippen molar-refractivity contribution in [3.63, 3.8) is 0 Å². The normalized spacial score (nSPS) is 47.8. The topological polar surface area (TPSA) is 35.5 Å². The Bertz CT molecular complexity index is 284. The van der Waals surface area contributed by atoms with Gasteiger partial charge in [0.2, 0.25) is 0 Å². The summed E-state index contributed by atoms with van der Waals surface area (Å²) in [6, 6.07) is 0. The van der Waals surface area contributed by atoms with E-state index in [1.165, 1.54) is 0 Å². The number of hydrogen-bond acceptors (Lipinski definition) is 3. The highest BCUT2D eigenvalue weighted by Gasteiger charge is 2.60. The molecule has 0 N–H and O–H groups in total. The molecule has 0 aromatic heterocycles. The molecule has 1 saturated heterocycles. The van der Waals surface area contributed by atoms with Crippen LogP contribution in [0.3, 0.4) is 0 Å². The molecule has 3 heteroatoms. The molecule has 1 unspecified atom stereocenters. The summed E-state index contributed by atoms with van der Waals surface area (Å²) in [7, 11) is 0. The van der Waals surface area contributed by atoms with Gasteiger partial charge >= 0.3 is 0 Å². The van der Waals surface area contributed by atoms with Crippen LogP contribution in [0.2, 0.25) is 0 Å². The van der Waals surface area contributed by atoms with Crippen LogP contribution in [0.4, 0.5) is 0 Å². The molecule has 3 atom stereocenters. The molecular formula is C10H12O3. The van der Waals surface area contributed by atoms with Crippen molar-refractivity contribution in [1.82, 2.24) is 0 Å². The van der Waals surface area contributed by atoms with E-state index in [0.717, 1.165) is 19.4 Å². The third-order valence-corrected chi connectivity index (χ3v) is 3.59. The van der Waals surface area contributed by atoms with E-state index in [1.807, 2.05) is 6.08 Å². The lowest BCUT2D eigenvalue weighted by atomic mass is 9.56.